The first kappa shape index (κ1) is 19.9. The van der Waals surface area contributed by atoms with Crippen LogP contribution in [0.2, 0.25) is 0 Å². The fourth-order valence-corrected chi connectivity index (χ4v) is 4.93. The van der Waals surface area contributed by atoms with E-state index in [1.807, 2.05) is 49.4 Å². The van der Waals surface area contributed by atoms with E-state index >= 15 is 0 Å². The van der Waals surface area contributed by atoms with Crippen molar-refractivity contribution in [3.05, 3.63) is 54.6 Å². The Kier molecular flexibility index (Phi) is 6.14. The van der Waals surface area contributed by atoms with Crippen LogP contribution in [0.15, 0.2) is 59.6 Å². The Hall–Kier alpha value is -2.40. The number of hydrogen-bond acceptors (Lipinski definition) is 4. The Labute approximate surface area is 176 Å². The maximum Gasteiger partial charge on any atom is 0.233 e. The van der Waals surface area contributed by atoms with Crippen molar-refractivity contribution in [1.29, 1.82) is 0 Å². The zero-order valence-electron chi connectivity index (χ0n) is 17.0. The van der Waals surface area contributed by atoms with Crippen molar-refractivity contribution >= 4 is 28.4 Å². The molecule has 1 aromatic heterocycles. The van der Waals surface area contributed by atoms with E-state index in [0.717, 1.165) is 33.5 Å². The molecule has 4 nitrogen and oxygen atoms in total. The molecule has 0 unspecified atom stereocenters. The number of benzene rings is 2. The summed E-state index contributed by atoms with van der Waals surface area (Å²) in [6, 6.07) is 18.6. The van der Waals surface area contributed by atoms with Crippen LogP contribution in [0.25, 0.3) is 22.0 Å². The van der Waals surface area contributed by atoms with E-state index in [9.17, 15) is 4.79 Å². The summed E-state index contributed by atoms with van der Waals surface area (Å²) in [7, 11) is 0. The van der Waals surface area contributed by atoms with E-state index in [4.69, 9.17) is 0 Å². The van der Waals surface area contributed by atoms with Crippen LogP contribution in [0.3, 0.4) is 0 Å². The normalized spacial score (nSPS) is 20.3. The Bertz CT molecular complexity index is 992. The summed E-state index contributed by atoms with van der Waals surface area (Å²) in [6.07, 6.45) is 4.75. The Morgan fingerprint density at radius 3 is 2.45 bits per heavy atom. The first-order chi connectivity index (χ1) is 14.1. The van der Waals surface area contributed by atoms with Gasteiger partial charge in [0.15, 0.2) is 0 Å². The predicted octanol–water partition coefficient (Wildman–Crippen LogP) is 5.47. The minimum Gasteiger partial charge on any atom is -0.352 e. The van der Waals surface area contributed by atoms with E-state index in [2.05, 4.69) is 34.6 Å². The molecule has 1 saturated carbocycles. The molecule has 2 aromatic carbocycles. The number of hydrogen-bond donors (Lipinski definition) is 1. The van der Waals surface area contributed by atoms with Gasteiger partial charge < -0.3 is 5.32 Å². The zero-order valence-corrected chi connectivity index (χ0v) is 17.8. The highest BCUT2D eigenvalue weighted by Gasteiger charge is 2.26. The molecule has 4 rings (SSSR count). The van der Waals surface area contributed by atoms with Crippen LogP contribution in [0.1, 0.15) is 39.5 Å². The number of rotatable bonds is 5. The maximum absolute atomic E-state index is 12.8. The molecule has 1 N–H and O–H groups in total. The van der Waals surface area contributed by atoms with E-state index < -0.39 is 0 Å². The van der Waals surface area contributed by atoms with Crippen LogP contribution in [0, 0.1) is 5.92 Å². The number of carbonyl (C=O) groups excluding carboxylic acids is 1. The minimum atomic E-state index is -0.218. The van der Waals surface area contributed by atoms with Crippen molar-refractivity contribution in [2.75, 3.05) is 0 Å². The van der Waals surface area contributed by atoms with Crippen molar-refractivity contribution in [3.63, 3.8) is 0 Å². The summed E-state index contributed by atoms with van der Waals surface area (Å²) >= 11 is 1.49. The molecular formula is C24H27N3OS. The number of fused-ring (bicyclic) bond motifs is 1. The van der Waals surface area contributed by atoms with E-state index in [0.29, 0.717) is 12.0 Å². The first-order valence-electron chi connectivity index (χ1n) is 10.4. The molecule has 5 heteroatoms. The fourth-order valence-electron chi connectivity index (χ4n) is 4.03. The van der Waals surface area contributed by atoms with Crippen molar-refractivity contribution in [3.8, 4) is 11.3 Å². The molecule has 0 spiro atoms. The lowest BCUT2D eigenvalue weighted by Gasteiger charge is -2.30. The molecule has 3 aromatic rings. The quantitative estimate of drug-likeness (QED) is 0.572. The topological polar surface area (TPSA) is 54.9 Å². The van der Waals surface area contributed by atoms with Crippen molar-refractivity contribution in [2.45, 2.75) is 55.8 Å². The molecule has 1 heterocycles. The van der Waals surface area contributed by atoms with Crippen LogP contribution >= 0.6 is 11.8 Å². The Morgan fingerprint density at radius 1 is 1.00 bits per heavy atom. The molecule has 1 aliphatic rings. The molecule has 0 saturated heterocycles. The Balaban J connectivity index is 1.56. The highest BCUT2D eigenvalue weighted by atomic mass is 32.2. The predicted molar refractivity (Wildman–Crippen MR) is 120 cm³/mol. The van der Waals surface area contributed by atoms with Gasteiger partial charge in [0.2, 0.25) is 5.91 Å². The number of nitrogens with one attached hydrogen (secondary N) is 1. The number of carbonyl (C=O) groups is 1. The third-order valence-electron chi connectivity index (χ3n) is 5.80. The molecule has 1 aliphatic carbocycles. The summed E-state index contributed by atoms with van der Waals surface area (Å²) in [5.74, 6) is 0.641. The van der Waals surface area contributed by atoms with E-state index in [-0.39, 0.29) is 11.2 Å². The van der Waals surface area contributed by atoms with Gasteiger partial charge in [-0.2, -0.15) is 0 Å². The maximum atomic E-state index is 12.8. The highest BCUT2D eigenvalue weighted by molar-refractivity contribution is 8.00. The monoisotopic (exact) mass is 405 g/mol. The molecule has 0 radical (unpaired) electrons. The SMILES string of the molecule is C[C@@H]1CCCC[C@H]1NC(=O)[C@@H](C)Sc1nnc(-c2ccccc2)c2ccccc12. The van der Waals surface area contributed by atoms with E-state index in [1.165, 1.54) is 31.0 Å². The number of nitrogens with zero attached hydrogens (tertiary/aromatic N) is 2. The minimum absolute atomic E-state index is 0.0896. The molecule has 0 aliphatic heterocycles. The third kappa shape index (κ3) is 4.45. The van der Waals surface area contributed by atoms with Gasteiger partial charge in [-0.3, -0.25) is 4.79 Å². The highest BCUT2D eigenvalue weighted by Crippen LogP contribution is 2.33. The van der Waals surface area contributed by atoms with Crippen LogP contribution in [0.5, 0.6) is 0 Å². The smallest absolute Gasteiger partial charge is 0.233 e. The summed E-state index contributed by atoms with van der Waals surface area (Å²) in [6.45, 7) is 4.19. The van der Waals surface area contributed by atoms with Crippen molar-refractivity contribution < 1.29 is 4.79 Å². The van der Waals surface area contributed by atoms with Crippen molar-refractivity contribution in [2.24, 2.45) is 5.92 Å². The summed E-state index contributed by atoms with van der Waals surface area (Å²) in [5, 5.41) is 15.0. The zero-order chi connectivity index (χ0) is 20.2. The summed E-state index contributed by atoms with van der Waals surface area (Å²) < 4.78 is 0. The van der Waals surface area contributed by atoms with Gasteiger partial charge in [0.05, 0.1) is 5.25 Å². The molecule has 1 fully saturated rings. The lowest BCUT2D eigenvalue weighted by Crippen LogP contribution is -2.44. The van der Waals surface area contributed by atoms with Crippen LogP contribution in [0.4, 0.5) is 0 Å². The average Bonchev–Trinajstić information content (AvgIpc) is 2.76. The molecule has 3 atom stereocenters. The second-order valence-electron chi connectivity index (χ2n) is 7.90. The lowest BCUT2D eigenvalue weighted by atomic mass is 9.86. The van der Waals surface area contributed by atoms with Gasteiger partial charge >= 0.3 is 0 Å². The number of amides is 1. The lowest BCUT2D eigenvalue weighted by molar-refractivity contribution is -0.121. The largest absolute Gasteiger partial charge is 0.352 e. The van der Waals surface area contributed by atoms with Crippen LogP contribution in [-0.4, -0.2) is 27.4 Å². The molecule has 0 bridgehead atoms. The van der Waals surface area contributed by atoms with Gasteiger partial charge in [0.1, 0.15) is 10.7 Å². The molecule has 1 amide bonds. The van der Waals surface area contributed by atoms with Gasteiger partial charge in [-0.1, -0.05) is 86.1 Å². The standard InChI is InChI=1S/C24H27N3OS/c1-16-10-6-9-15-21(16)25-23(28)17(2)29-24-20-14-8-7-13-19(20)22(26-27-24)18-11-4-3-5-12-18/h3-5,7-8,11-14,16-17,21H,6,9-10,15H2,1-2H3,(H,25,28)/t16-,17-,21-/m1/s1. The van der Waals surface area contributed by atoms with Gasteiger partial charge in [0, 0.05) is 22.4 Å². The summed E-state index contributed by atoms with van der Waals surface area (Å²) in [4.78, 5) is 12.8. The third-order valence-corrected chi connectivity index (χ3v) is 6.89. The average molecular weight is 406 g/mol. The second-order valence-corrected chi connectivity index (χ2v) is 9.23. The second kappa shape index (κ2) is 8.95. The fraction of sp³-hybridized carbons (Fsp3) is 0.375. The molecule has 150 valence electrons. The number of thioether (sulfide) groups is 1. The molecule has 29 heavy (non-hydrogen) atoms. The summed E-state index contributed by atoms with van der Waals surface area (Å²) in [5.41, 5.74) is 1.92. The Morgan fingerprint density at radius 2 is 1.69 bits per heavy atom. The van der Waals surface area contributed by atoms with Crippen molar-refractivity contribution in [1.82, 2.24) is 15.5 Å². The van der Waals surface area contributed by atoms with Crippen LogP contribution < -0.4 is 5.32 Å². The first-order valence-corrected chi connectivity index (χ1v) is 11.3. The van der Waals surface area contributed by atoms with Gasteiger partial charge in [-0.05, 0) is 25.7 Å². The van der Waals surface area contributed by atoms with E-state index in [1.54, 1.807) is 0 Å². The van der Waals surface area contributed by atoms with Gasteiger partial charge in [-0.25, -0.2) is 0 Å². The van der Waals surface area contributed by atoms with Crippen LogP contribution in [-0.2, 0) is 4.79 Å². The van der Waals surface area contributed by atoms with Gasteiger partial charge in [-0.15, -0.1) is 10.2 Å². The van der Waals surface area contributed by atoms with Gasteiger partial charge in [0.25, 0.3) is 0 Å². The number of aromatic nitrogens is 2. The molecular weight excluding hydrogens is 378 g/mol.